The number of primary amides is 1. The van der Waals surface area contributed by atoms with Gasteiger partial charge < -0.3 is 16.4 Å². The number of nitrogens with one attached hydrogen (secondary N) is 3. The average Bonchev–Trinajstić information content (AvgIpc) is 2.59. The Labute approximate surface area is 119 Å². The standard InChI is InChI=1S/C12H13N5O2S/c1-7-15-9(11(20-7)17-12(13)19)10(18)16-8-4-2-3-5-14-6-8/h2-6,14H,1H3,(H,16,18)(H3,13,17,19). The van der Waals surface area contributed by atoms with Gasteiger partial charge in [-0.3, -0.25) is 10.1 Å². The van der Waals surface area contributed by atoms with Crippen LogP contribution in [0.1, 0.15) is 15.5 Å². The molecule has 20 heavy (non-hydrogen) atoms. The molecule has 0 radical (unpaired) electrons. The van der Waals surface area contributed by atoms with Crippen molar-refractivity contribution in [3.63, 3.8) is 0 Å². The van der Waals surface area contributed by atoms with Gasteiger partial charge in [-0.15, -0.1) is 11.3 Å². The van der Waals surface area contributed by atoms with Gasteiger partial charge in [0.05, 0.1) is 10.7 Å². The lowest BCUT2D eigenvalue weighted by Gasteiger charge is -2.05. The van der Waals surface area contributed by atoms with Crippen LogP contribution in [0.25, 0.3) is 0 Å². The largest absolute Gasteiger partial charge is 0.366 e. The quantitative estimate of drug-likeness (QED) is 0.670. The molecule has 104 valence electrons. The van der Waals surface area contributed by atoms with Gasteiger partial charge in [-0.05, 0) is 19.1 Å². The highest BCUT2D eigenvalue weighted by Crippen LogP contribution is 2.24. The first-order chi connectivity index (χ1) is 9.56. The number of hydrogen-bond donors (Lipinski definition) is 4. The fraction of sp³-hybridized carbons (Fsp3) is 0.0833. The molecule has 0 spiro atoms. The maximum Gasteiger partial charge on any atom is 0.317 e. The zero-order chi connectivity index (χ0) is 14.5. The van der Waals surface area contributed by atoms with Crippen molar-refractivity contribution in [2.24, 2.45) is 5.73 Å². The molecule has 0 saturated carbocycles. The van der Waals surface area contributed by atoms with Crippen LogP contribution in [0.2, 0.25) is 0 Å². The molecule has 8 heteroatoms. The van der Waals surface area contributed by atoms with Crippen molar-refractivity contribution >= 4 is 28.3 Å². The fourth-order valence-corrected chi connectivity index (χ4v) is 2.32. The van der Waals surface area contributed by atoms with E-state index in [1.807, 2.05) is 0 Å². The number of allylic oxidation sites excluding steroid dienone is 3. The Balaban J connectivity index is 2.16. The molecule has 2 heterocycles. The molecule has 1 aromatic heterocycles. The van der Waals surface area contributed by atoms with Crippen LogP contribution in [0.4, 0.5) is 9.80 Å². The summed E-state index contributed by atoms with van der Waals surface area (Å²) in [7, 11) is 0. The van der Waals surface area contributed by atoms with Gasteiger partial charge in [0.25, 0.3) is 5.91 Å². The molecule has 0 bridgehead atoms. The highest BCUT2D eigenvalue weighted by Gasteiger charge is 2.18. The topological polar surface area (TPSA) is 109 Å². The van der Waals surface area contributed by atoms with Gasteiger partial charge in [0.2, 0.25) is 0 Å². The van der Waals surface area contributed by atoms with Gasteiger partial charge >= 0.3 is 6.03 Å². The van der Waals surface area contributed by atoms with E-state index in [4.69, 9.17) is 5.73 Å². The minimum atomic E-state index is -0.734. The normalized spacial score (nSPS) is 13.2. The zero-order valence-corrected chi connectivity index (χ0v) is 11.5. The number of urea groups is 1. The second-order valence-corrected chi connectivity index (χ2v) is 5.04. The summed E-state index contributed by atoms with van der Waals surface area (Å²) < 4.78 is 0. The van der Waals surface area contributed by atoms with E-state index in [0.29, 0.717) is 15.7 Å². The van der Waals surface area contributed by atoms with Crippen molar-refractivity contribution in [3.05, 3.63) is 47.0 Å². The molecule has 1 aromatic rings. The molecule has 7 nitrogen and oxygen atoms in total. The van der Waals surface area contributed by atoms with Crippen LogP contribution in [-0.4, -0.2) is 16.9 Å². The number of nitrogens with zero attached hydrogens (tertiary/aromatic N) is 1. The van der Waals surface area contributed by atoms with Crippen LogP contribution in [0, 0.1) is 6.92 Å². The molecule has 0 aliphatic carbocycles. The number of carbonyl (C=O) groups excluding carboxylic acids is 2. The monoisotopic (exact) mass is 291 g/mol. The highest BCUT2D eigenvalue weighted by atomic mass is 32.1. The van der Waals surface area contributed by atoms with Crippen LogP contribution in [0.15, 0.2) is 36.3 Å². The second-order valence-electron chi connectivity index (χ2n) is 3.84. The maximum absolute atomic E-state index is 12.2. The summed E-state index contributed by atoms with van der Waals surface area (Å²) in [5.41, 5.74) is 5.78. The smallest absolute Gasteiger partial charge is 0.317 e. The summed E-state index contributed by atoms with van der Waals surface area (Å²) in [5, 5.41) is 8.95. The minimum Gasteiger partial charge on any atom is -0.366 e. The van der Waals surface area contributed by atoms with Gasteiger partial charge in [0, 0.05) is 12.4 Å². The molecule has 1 aliphatic heterocycles. The summed E-state index contributed by atoms with van der Waals surface area (Å²) in [5.74, 6) is -0.419. The third-order valence-corrected chi connectivity index (χ3v) is 3.15. The predicted octanol–water partition coefficient (Wildman–Crippen LogP) is 1.19. The Kier molecular flexibility index (Phi) is 4.16. The maximum atomic E-state index is 12.2. The van der Waals surface area contributed by atoms with Crippen molar-refractivity contribution in [3.8, 4) is 0 Å². The molecule has 1 aliphatic rings. The summed E-state index contributed by atoms with van der Waals surface area (Å²) in [4.78, 5) is 27.2. The number of anilines is 1. The lowest BCUT2D eigenvalue weighted by atomic mass is 10.3. The molecule has 3 amide bonds. The summed E-state index contributed by atoms with van der Waals surface area (Å²) in [6, 6.07) is -0.734. The number of nitrogens with two attached hydrogens (primary N) is 1. The Morgan fingerprint density at radius 2 is 2.15 bits per heavy atom. The van der Waals surface area contributed by atoms with E-state index in [1.165, 1.54) is 11.3 Å². The second kappa shape index (κ2) is 6.02. The Bertz CT molecular complexity index is 630. The van der Waals surface area contributed by atoms with Gasteiger partial charge in [-0.25, -0.2) is 9.78 Å². The van der Waals surface area contributed by atoms with Crippen molar-refractivity contribution in [2.45, 2.75) is 6.92 Å². The van der Waals surface area contributed by atoms with Crippen molar-refractivity contribution < 1.29 is 9.59 Å². The Morgan fingerprint density at radius 1 is 1.35 bits per heavy atom. The molecule has 2 rings (SSSR count). The first-order valence-corrected chi connectivity index (χ1v) is 6.52. The summed E-state index contributed by atoms with van der Waals surface area (Å²) >= 11 is 1.19. The van der Waals surface area contributed by atoms with E-state index in [9.17, 15) is 9.59 Å². The molecular weight excluding hydrogens is 278 g/mol. The van der Waals surface area contributed by atoms with Gasteiger partial charge in [0.15, 0.2) is 5.69 Å². The van der Waals surface area contributed by atoms with Crippen molar-refractivity contribution in [2.75, 3.05) is 5.32 Å². The number of hydrogen-bond acceptors (Lipinski definition) is 5. The summed E-state index contributed by atoms with van der Waals surface area (Å²) in [6.07, 6.45) is 8.67. The van der Waals surface area contributed by atoms with E-state index in [0.717, 1.165) is 0 Å². The van der Waals surface area contributed by atoms with Gasteiger partial charge in [-0.1, -0.05) is 6.08 Å². The molecule has 0 aromatic carbocycles. The minimum absolute atomic E-state index is 0.137. The number of aryl methyl sites for hydroxylation is 1. The average molecular weight is 291 g/mol. The van der Waals surface area contributed by atoms with Crippen LogP contribution >= 0.6 is 11.3 Å². The molecule has 0 unspecified atom stereocenters. The predicted molar refractivity (Wildman–Crippen MR) is 77.0 cm³/mol. The molecular formula is C12H13N5O2S. The lowest BCUT2D eigenvalue weighted by Crippen LogP contribution is -2.26. The molecule has 0 atom stereocenters. The van der Waals surface area contributed by atoms with E-state index in [2.05, 4.69) is 20.9 Å². The highest BCUT2D eigenvalue weighted by molar-refractivity contribution is 7.16. The van der Waals surface area contributed by atoms with Crippen LogP contribution in [0.5, 0.6) is 0 Å². The Morgan fingerprint density at radius 3 is 2.90 bits per heavy atom. The van der Waals surface area contributed by atoms with Gasteiger partial charge in [-0.2, -0.15) is 0 Å². The number of thiazole rings is 1. The number of aromatic nitrogens is 1. The fourth-order valence-electron chi connectivity index (χ4n) is 1.50. The van der Waals surface area contributed by atoms with Gasteiger partial charge in [0.1, 0.15) is 5.00 Å². The van der Waals surface area contributed by atoms with E-state index in [1.54, 1.807) is 37.6 Å². The van der Waals surface area contributed by atoms with Crippen LogP contribution < -0.4 is 21.7 Å². The molecule has 0 saturated heterocycles. The SMILES string of the molecule is Cc1nc(C(=O)NC2=CNC=CC=C2)c(NC(N)=O)s1. The lowest BCUT2D eigenvalue weighted by molar-refractivity contribution is 0.0963. The third-order valence-electron chi connectivity index (χ3n) is 2.26. The zero-order valence-electron chi connectivity index (χ0n) is 10.6. The molecule has 5 N–H and O–H groups in total. The van der Waals surface area contributed by atoms with Crippen molar-refractivity contribution in [1.29, 1.82) is 0 Å². The Hall–Kier alpha value is -2.61. The third kappa shape index (κ3) is 3.45. The number of rotatable bonds is 3. The number of amides is 3. The van der Waals surface area contributed by atoms with Crippen LogP contribution in [-0.2, 0) is 0 Å². The number of carbonyl (C=O) groups is 2. The van der Waals surface area contributed by atoms with Crippen LogP contribution in [0.3, 0.4) is 0 Å². The van der Waals surface area contributed by atoms with Crippen molar-refractivity contribution in [1.82, 2.24) is 15.6 Å². The van der Waals surface area contributed by atoms with E-state index < -0.39 is 11.9 Å². The first-order valence-electron chi connectivity index (χ1n) is 5.71. The van der Waals surface area contributed by atoms with E-state index >= 15 is 0 Å². The molecule has 0 fully saturated rings. The summed E-state index contributed by atoms with van der Waals surface area (Å²) in [6.45, 7) is 1.74. The first kappa shape index (κ1) is 13.8. The van der Waals surface area contributed by atoms with E-state index in [-0.39, 0.29) is 5.69 Å².